The van der Waals surface area contributed by atoms with Crippen LogP contribution in [0.5, 0.6) is 0 Å². The van der Waals surface area contributed by atoms with Crippen molar-refractivity contribution in [3.05, 3.63) is 18.7 Å². The quantitative estimate of drug-likeness (QED) is 0.446. The van der Waals surface area contributed by atoms with E-state index in [2.05, 4.69) is 21.9 Å². The second-order valence-electron chi connectivity index (χ2n) is 2.34. The summed E-state index contributed by atoms with van der Waals surface area (Å²) in [5, 5.41) is 0. The normalized spacial score (nSPS) is 10.6. The van der Waals surface area contributed by atoms with Crippen LogP contribution < -0.4 is 33.8 Å². The zero-order chi connectivity index (χ0) is 9.73. The van der Waals surface area contributed by atoms with Crippen molar-refractivity contribution >= 4 is 22.7 Å². The van der Waals surface area contributed by atoms with E-state index in [1.165, 1.54) is 18.7 Å². The van der Waals surface area contributed by atoms with Gasteiger partial charge in [-0.1, -0.05) is 0 Å². The minimum atomic E-state index is -3.49. The van der Waals surface area contributed by atoms with E-state index in [1.807, 2.05) is 0 Å². The van der Waals surface area contributed by atoms with Crippen LogP contribution in [0.15, 0.2) is 18.7 Å². The average molecular weight is 246 g/mol. The molecular formula is C6H11N2NaO3S2. The van der Waals surface area contributed by atoms with E-state index in [0.29, 0.717) is 12.2 Å². The summed E-state index contributed by atoms with van der Waals surface area (Å²) in [5.74, 6) is 0.487. The molecule has 0 aromatic carbocycles. The Kier molecular flexibility index (Phi) is 6.88. The van der Waals surface area contributed by atoms with Crippen LogP contribution in [0, 0.1) is 0 Å². The third-order valence-electron chi connectivity index (χ3n) is 1.23. The summed E-state index contributed by atoms with van der Waals surface area (Å²) < 4.78 is 28.0. The summed E-state index contributed by atoms with van der Waals surface area (Å²) in [7, 11) is -3.49. The maximum atomic E-state index is 11.2. The van der Waals surface area contributed by atoms with Crippen molar-refractivity contribution in [1.82, 2.24) is 9.71 Å². The summed E-state index contributed by atoms with van der Waals surface area (Å²) in [6, 6.07) is 0. The Morgan fingerprint density at radius 1 is 1.57 bits per heavy atom. The molecule has 0 N–H and O–H groups in total. The molecule has 1 heterocycles. The van der Waals surface area contributed by atoms with Gasteiger partial charge in [-0.05, 0) is 12.2 Å². The Balaban J connectivity index is 0. The van der Waals surface area contributed by atoms with Crippen LogP contribution in [-0.2, 0) is 10.1 Å². The van der Waals surface area contributed by atoms with E-state index in [9.17, 15) is 8.42 Å². The van der Waals surface area contributed by atoms with Gasteiger partial charge in [-0.2, -0.15) is 25.8 Å². The maximum Gasteiger partial charge on any atom is 1.00 e. The molecule has 0 fully saturated rings. The molecule has 0 saturated carbocycles. The summed E-state index contributed by atoms with van der Waals surface area (Å²) in [4.78, 5) is 3.65. The first-order valence-corrected chi connectivity index (χ1v) is 5.86. The molecule has 0 spiro atoms. The van der Waals surface area contributed by atoms with Crippen LogP contribution in [0.25, 0.3) is 0 Å². The Hall–Kier alpha value is 0.310. The molecule has 0 aliphatic rings. The predicted octanol–water partition coefficient (Wildman–Crippen LogP) is -2.92. The Morgan fingerprint density at radius 3 is 2.79 bits per heavy atom. The van der Waals surface area contributed by atoms with Gasteiger partial charge in [0, 0.05) is 6.20 Å². The summed E-state index contributed by atoms with van der Waals surface area (Å²) in [6.45, 7) is 0. The topological polar surface area (TPSA) is 61.2 Å². The molecule has 14 heavy (non-hydrogen) atoms. The molecule has 0 radical (unpaired) electrons. The fourth-order valence-corrected chi connectivity index (χ4v) is 2.00. The smallest absolute Gasteiger partial charge is 1.00 e. The number of rotatable bonds is 5. The first-order valence-electron chi connectivity index (χ1n) is 3.65. The van der Waals surface area contributed by atoms with Crippen LogP contribution in [-0.4, -0.2) is 29.6 Å². The van der Waals surface area contributed by atoms with Crippen molar-refractivity contribution < 1.29 is 43.7 Å². The largest absolute Gasteiger partial charge is 1.00 e. The standard InChI is InChI=1S/C6H10N2O3S2.Na.H/c9-13(10,5-1-4-12)11-8-3-2-7-6-8;;/h2-3,6,12H,1,4-5H2;;/q;+1;-1. The van der Waals surface area contributed by atoms with Gasteiger partial charge in [-0.25, -0.2) is 4.98 Å². The summed E-state index contributed by atoms with van der Waals surface area (Å²) in [6.07, 6.45) is 4.60. The molecule has 8 heteroatoms. The third-order valence-corrected chi connectivity index (χ3v) is 2.74. The minimum Gasteiger partial charge on any atom is -1.00 e. The fourth-order valence-electron chi connectivity index (χ4n) is 0.701. The van der Waals surface area contributed by atoms with Crippen molar-refractivity contribution in [2.45, 2.75) is 6.42 Å². The van der Waals surface area contributed by atoms with Gasteiger partial charge in [0.15, 0.2) is 0 Å². The van der Waals surface area contributed by atoms with Crippen molar-refractivity contribution in [3.8, 4) is 0 Å². The SMILES string of the molecule is O=S(=O)(CCCS)On1ccnc1.[H-].[Na+]. The maximum absolute atomic E-state index is 11.2. The van der Waals surface area contributed by atoms with E-state index in [0.717, 1.165) is 4.73 Å². The van der Waals surface area contributed by atoms with Crippen LogP contribution in [0.2, 0.25) is 0 Å². The number of hydrogen-bond acceptors (Lipinski definition) is 5. The van der Waals surface area contributed by atoms with Gasteiger partial charge in [0.25, 0.3) is 0 Å². The van der Waals surface area contributed by atoms with Crippen LogP contribution in [0.4, 0.5) is 0 Å². The molecule has 0 amide bonds. The van der Waals surface area contributed by atoms with Gasteiger partial charge in [-0.15, -0.1) is 0 Å². The molecule has 1 aromatic rings. The van der Waals surface area contributed by atoms with E-state index in [4.69, 9.17) is 0 Å². The first-order chi connectivity index (χ1) is 6.14. The van der Waals surface area contributed by atoms with Crippen molar-refractivity contribution in [2.24, 2.45) is 0 Å². The zero-order valence-electron chi connectivity index (χ0n) is 8.83. The average Bonchev–Trinajstić information content (AvgIpc) is 2.52. The Morgan fingerprint density at radius 2 is 2.29 bits per heavy atom. The van der Waals surface area contributed by atoms with Crippen LogP contribution >= 0.6 is 12.6 Å². The molecule has 5 nitrogen and oxygen atoms in total. The molecule has 1 rings (SSSR count). The summed E-state index contributed by atoms with van der Waals surface area (Å²) in [5.41, 5.74) is 0. The zero-order valence-corrected chi connectivity index (χ0v) is 11.5. The number of nitrogens with zero attached hydrogens (tertiary/aromatic N) is 2. The molecule has 0 aliphatic heterocycles. The van der Waals surface area contributed by atoms with Crippen molar-refractivity contribution in [3.63, 3.8) is 0 Å². The number of imidazole rings is 1. The monoisotopic (exact) mass is 246 g/mol. The van der Waals surface area contributed by atoms with Crippen LogP contribution in [0.1, 0.15) is 7.85 Å². The number of thiol groups is 1. The van der Waals surface area contributed by atoms with Crippen molar-refractivity contribution in [2.75, 3.05) is 11.5 Å². The van der Waals surface area contributed by atoms with Crippen molar-refractivity contribution in [1.29, 1.82) is 0 Å². The van der Waals surface area contributed by atoms with Gasteiger partial charge in [0.05, 0.1) is 11.9 Å². The predicted molar refractivity (Wildman–Crippen MR) is 52.2 cm³/mol. The van der Waals surface area contributed by atoms with E-state index < -0.39 is 10.1 Å². The molecule has 0 atom stereocenters. The molecule has 0 unspecified atom stereocenters. The van der Waals surface area contributed by atoms with Crippen LogP contribution in [0.3, 0.4) is 0 Å². The first kappa shape index (κ1) is 14.3. The fraction of sp³-hybridized carbons (Fsp3) is 0.500. The number of hydrogen-bond donors (Lipinski definition) is 1. The molecule has 0 bridgehead atoms. The number of aromatic nitrogens is 2. The molecule has 1 aromatic heterocycles. The van der Waals surface area contributed by atoms with Gasteiger partial charge < -0.3 is 1.43 Å². The van der Waals surface area contributed by atoms with E-state index >= 15 is 0 Å². The molecule has 0 aliphatic carbocycles. The summed E-state index contributed by atoms with van der Waals surface area (Å²) >= 11 is 3.91. The second-order valence-corrected chi connectivity index (χ2v) is 4.46. The Labute approximate surface area is 112 Å². The Bertz CT molecular complexity index is 343. The van der Waals surface area contributed by atoms with Gasteiger partial charge >= 0.3 is 39.7 Å². The minimum absolute atomic E-state index is 0. The van der Waals surface area contributed by atoms with E-state index in [-0.39, 0.29) is 36.7 Å². The molecule has 0 saturated heterocycles. The second kappa shape index (κ2) is 6.73. The van der Waals surface area contributed by atoms with Gasteiger partial charge in [0.1, 0.15) is 6.33 Å². The van der Waals surface area contributed by atoms with E-state index in [1.54, 1.807) is 0 Å². The molecular weight excluding hydrogens is 235 g/mol. The third kappa shape index (κ3) is 5.26. The molecule has 76 valence electrons. The van der Waals surface area contributed by atoms with Gasteiger partial charge in [0.2, 0.25) is 0 Å². The van der Waals surface area contributed by atoms with Gasteiger partial charge in [-0.3, -0.25) is 4.28 Å².